The molecule has 0 radical (unpaired) electrons. The number of hydrogen-bond donors (Lipinski definition) is 3. The quantitative estimate of drug-likeness (QED) is 0.450. The Morgan fingerprint density at radius 1 is 1.14 bits per heavy atom. The zero-order valence-corrected chi connectivity index (χ0v) is 13.1. The van der Waals surface area contributed by atoms with Crippen LogP contribution in [-0.2, 0) is 6.61 Å². The molecule has 0 saturated heterocycles. The molecule has 2 aromatic rings. The largest absolute Gasteiger partial charge is 0.396 e. The molecule has 5 heteroatoms. The minimum absolute atomic E-state index is 0.0262. The first-order valence-electron chi connectivity index (χ1n) is 7.40. The van der Waals surface area contributed by atoms with E-state index >= 15 is 0 Å². The van der Waals surface area contributed by atoms with Gasteiger partial charge >= 0.3 is 0 Å². The van der Waals surface area contributed by atoms with Gasteiger partial charge in [0.1, 0.15) is 0 Å². The Kier molecular flexibility index (Phi) is 4.25. The topological polar surface area (TPSA) is 75.5 Å². The molecule has 0 atom stereocenters. The number of halogens is 1. The van der Waals surface area contributed by atoms with Crippen molar-refractivity contribution in [2.75, 3.05) is 17.3 Å². The lowest BCUT2D eigenvalue weighted by atomic mass is 10.0. The summed E-state index contributed by atoms with van der Waals surface area (Å²) in [6.45, 7) is 0.837. The molecule has 0 spiro atoms. The van der Waals surface area contributed by atoms with Crippen molar-refractivity contribution in [1.29, 1.82) is 0 Å². The van der Waals surface area contributed by atoms with Gasteiger partial charge < -0.3 is 15.8 Å². The van der Waals surface area contributed by atoms with Gasteiger partial charge in [-0.2, -0.15) is 0 Å². The van der Waals surface area contributed by atoms with E-state index in [1.807, 2.05) is 36.4 Å². The Balaban J connectivity index is 1.90. The van der Waals surface area contributed by atoms with E-state index in [0.29, 0.717) is 16.6 Å². The number of aliphatic hydroxyl groups excluding tert-OH is 1. The lowest BCUT2D eigenvalue weighted by Gasteiger charge is -2.22. The predicted octanol–water partition coefficient (Wildman–Crippen LogP) is 3.17. The van der Waals surface area contributed by atoms with Gasteiger partial charge in [0.25, 0.3) is 0 Å². The molecule has 0 heterocycles. The van der Waals surface area contributed by atoms with Crippen LogP contribution in [0.3, 0.4) is 0 Å². The molecule has 0 aromatic heterocycles. The number of benzene rings is 2. The summed E-state index contributed by atoms with van der Waals surface area (Å²) in [6.07, 6.45) is 2.47. The summed E-state index contributed by atoms with van der Waals surface area (Å²) in [6, 6.07) is 11.5. The Labute approximate surface area is 135 Å². The Morgan fingerprint density at radius 3 is 2.41 bits per heavy atom. The van der Waals surface area contributed by atoms with Gasteiger partial charge in [0.05, 0.1) is 23.0 Å². The molecule has 0 aliphatic heterocycles. The summed E-state index contributed by atoms with van der Waals surface area (Å²) in [5.74, 6) is 6.77. The molecule has 1 fully saturated rings. The molecule has 0 unspecified atom stereocenters. The highest BCUT2D eigenvalue weighted by Gasteiger charge is 2.24. The Hall–Kier alpha value is -1.75. The van der Waals surface area contributed by atoms with Crippen molar-refractivity contribution in [1.82, 2.24) is 0 Å². The lowest BCUT2D eigenvalue weighted by molar-refractivity contribution is 0.282. The molecule has 4 nitrogen and oxygen atoms in total. The molecule has 1 saturated carbocycles. The normalized spacial score (nSPS) is 14.1. The number of aliphatic hydroxyl groups is 1. The maximum atomic E-state index is 9.11. The fourth-order valence-corrected chi connectivity index (χ4v) is 2.79. The summed E-state index contributed by atoms with van der Waals surface area (Å²) >= 11 is 6.45. The standard InChI is InChI=1S/C17H20ClN3O/c18-16-14(13-5-3-12(10-22)4-6-13)7-8-15(17(16)19)21(20)9-11-1-2-11/h3-8,11,22H,1-2,9-10,19-20H2. The van der Waals surface area contributed by atoms with E-state index in [0.717, 1.165) is 28.9 Å². The molecular formula is C17H20ClN3O. The van der Waals surface area contributed by atoms with Crippen LogP contribution >= 0.6 is 11.6 Å². The molecule has 0 amide bonds. The number of rotatable bonds is 5. The van der Waals surface area contributed by atoms with Crippen molar-refractivity contribution >= 4 is 23.0 Å². The molecule has 1 aliphatic carbocycles. The van der Waals surface area contributed by atoms with Crippen LogP contribution in [-0.4, -0.2) is 11.7 Å². The second-order valence-electron chi connectivity index (χ2n) is 5.81. The molecule has 116 valence electrons. The summed E-state index contributed by atoms with van der Waals surface area (Å²) in [5.41, 5.74) is 10.2. The predicted molar refractivity (Wildman–Crippen MR) is 91.5 cm³/mol. The van der Waals surface area contributed by atoms with Crippen LogP contribution in [0.25, 0.3) is 11.1 Å². The van der Waals surface area contributed by atoms with Gasteiger partial charge in [-0.1, -0.05) is 41.9 Å². The maximum absolute atomic E-state index is 9.11. The fraction of sp³-hybridized carbons (Fsp3) is 0.294. The average molecular weight is 318 g/mol. The van der Waals surface area contributed by atoms with Crippen LogP contribution in [0.1, 0.15) is 18.4 Å². The third kappa shape index (κ3) is 3.04. The molecule has 0 bridgehead atoms. The zero-order valence-electron chi connectivity index (χ0n) is 12.3. The maximum Gasteiger partial charge on any atom is 0.0762 e. The van der Waals surface area contributed by atoms with Crippen molar-refractivity contribution in [3.8, 4) is 11.1 Å². The number of nitrogens with two attached hydrogens (primary N) is 2. The lowest BCUT2D eigenvalue weighted by Crippen LogP contribution is -2.33. The first-order valence-corrected chi connectivity index (χ1v) is 7.78. The second-order valence-corrected chi connectivity index (χ2v) is 6.19. The van der Waals surface area contributed by atoms with Gasteiger partial charge in [0.15, 0.2) is 0 Å². The van der Waals surface area contributed by atoms with Crippen LogP contribution in [0.4, 0.5) is 11.4 Å². The minimum Gasteiger partial charge on any atom is -0.396 e. The van der Waals surface area contributed by atoms with Gasteiger partial charge in [0.2, 0.25) is 0 Å². The highest BCUT2D eigenvalue weighted by atomic mass is 35.5. The van der Waals surface area contributed by atoms with Crippen molar-refractivity contribution in [3.63, 3.8) is 0 Å². The number of hydrogen-bond acceptors (Lipinski definition) is 4. The van der Waals surface area contributed by atoms with Gasteiger partial charge in [-0.05, 0) is 36.0 Å². The summed E-state index contributed by atoms with van der Waals surface area (Å²) < 4.78 is 0. The van der Waals surface area contributed by atoms with Crippen LogP contribution < -0.4 is 16.6 Å². The van der Waals surface area contributed by atoms with Gasteiger partial charge in [-0.3, -0.25) is 0 Å². The SMILES string of the molecule is Nc1c(N(N)CC2CC2)ccc(-c2ccc(CO)cc2)c1Cl. The Bertz CT molecular complexity index is 668. The fourth-order valence-electron chi connectivity index (χ4n) is 2.52. The summed E-state index contributed by atoms with van der Waals surface area (Å²) in [7, 11) is 0. The number of nitrogen functional groups attached to an aromatic ring is 1. The highest BCUT2D eigenvalue weighted by Crippen LogP contribution is 2.39. The van der Waals surface area contributed by atoms with E-state index in [1.54, 1.807) is 5.01 Å². The van der Waals surface area contributed by atoms with E-state index in [2.05, 4.69) is 0 Å². The van der Waals surface area contributed by atoms with Crippen molar-refractivity contribution in [3.05, 3.63) is 47.0 Å². The highest BCUT2D eigenvalue weighted by molar-refractivity contribution is 6.36. The van der Waals surface area contributed by atoms with Crippen LogP contribution in [0.2, 0.25) is 5.02 Å². The van der Waals surface area contributed by atoms with Gasteiger partial charge in [0, 0.05) is 12.1 Å². The monoisotopic (exact) mass is 317 g/mol. The molecule has 22 heavy (non-hydrogen) atoms. The van der Waals surface area contributed by atoms with Crippen molar-refractivity contribution in [2.45, 2.75) is 19.4 Å². The van der Waals surface area contributed by atoms with E-state index in [-0.39, 0.29) is 6.61 Å². The minimum atomic E-state index is 0.0262. The average Bonchev–Trinajstić information content (AvgIpc) is 3.34. The number of hydrazine groups is 1. The van der Waals surface area contributed by atoms with E-state index < -0.39 is 0 Å². The van der Waals surface area contributed by atoms with E-state index in [9.17, 15) is 0 Å². The molecule has 3 rings (SSSR count). The second kappa shape index (κ2) is 6.16. The van der Waals surface area contributed by atoms with Crippen molar-refractivity contribution in [2.24, 2.45) is 11.8 Å². The van der Waals surface area contributed by atoms with Crippen molar-refractivity contribution < 1.29 is 5.11 Å². The zero-order chi connectivity index (χ0) is 15.7. The van der Waals surface area contributed by atoms with Crippen LogP contribution in [0.15, 0.2) is 36.4 Å². The molecular weight excluding hydrogens is 298 g/mol. The Morgan fingerprint density at radius 2 is 1.82 bits per heavy atom. The summed E-state index contributed by atoms with van der Waals surface area (Å²) in [5, 5.41) is 11.3. The molecule has 1 aliphatic rings. The van der Waals surface area contributed by atoms with E-state index in [1.165, 1.54) is 12.8 Å². The van der Waals surface area contributed by atoms with Crippen LogP contribution in [0, 0.1) is 5.92 Å². The first kappa shape index (κ1) is 15.2. The molecule has 5 N–H and O–H groups in total. The first-order chi connectivity index (χ1) is 10.6. The molecule has 2 aromatic carbocycles. The van der Waals surface area contributed by atoms with Gasteiger partial charge in [-0.15, -0.1) is 0 Å². The van der Waals surface area contributed by atoms with Crippen LogP contribution in [0.5, 0.6) is 0 Å². The summed E-state index contributed by atoms with van der Waals surface area (Å²) in [4.78, 5) is 0. The third-order valence-electron chi connectivity index (χ3n) is 4.07. The van der Waals surface area contributed by atoms with Gasteiger partial charge in [-0.25, -0.2) is 5.84 Å². The number of nitrogens with zero attached hydrogens (tertiary/aromatic N) is 1. The smallest absolute Gasteiger partial charge is 0.0762 e. The third-order valence-corrected chi connectivity index (χ3v) is 4.47. The van der Waals surface area contributed by atoms with E-state index in [4.69, 9.17) is 28.3 Å². The number of anilines is 2.